The maximum atomic E-state index is 12.7. The Balaban J connectivity index is 1.84. The highest BCUT2D eigenvalue weighted by Gasteiger charge is 2.39. The largest absolute Gasteiger partial charge is 0.478 e. The predicted molar refractivity (Wildman–Crippen MR) is 93.8 cm³/mol. The molecule has 2 aromatic carbocycles. The zero-order chi connectivity index (χ0) is 18.1. The number of aryl methyl sites for hydroxylation is 2. The number of para-hydroxylation sites is 1. The summed E-state index contributed by atoms with van der Waals surface area (Å²) in [6, 6.07) is 10.9. The van der Waals surface area contributed by atoms with E-state index in [0.29, 0.717) is 5.69 Å². The van der Waals surface area contributed by atoms with Gasteiger partial charge in [-0.15, -0.1) is 0 Å². The number of amides is 2. The van der Waals surface area contributed by atoms with Crippen LogP contribution in [0.2, 0.25) is 0 Å². The molecule has 6 nitrogen and oxygen atoms in total. The third-order valence-corrected chi connectivity index (χ3v) is 4.32. The Morgan fingerprint density at radius 2 is 1.68 bits per heavy atom. The number of carbonyl (C=O) groups is 3. The van der Waals surface area contributed by atoms with Crippen LogP contribution >= 0.6 is 0 Å². The molecule has 1 fully saturated rings. The molecule has 1 heterocycles. The van der Waals surface area contributed by atoms with Crippen LogP contribution in [0.15, 0.2) is 42.5 Å². The second-order valence-corrected chi connectivity index (χ2v) is 6.09. The van der Waals surface area contributed by atoms with E-state index in [1.165, 1.54) is 24.3 Å². The molecular weight excluding hydrogens is 320 g/mol. The number of nitrogens with one attached hydrogen (secondary N) is 1. The van der Waals surface area contributed by atoms with Crippen molar-refractivity contribution in [1.82, 2.24) is 0 Å². The molecule has 1 saturated heterocycles. The summed E-state index contributed by atoms with van der Waals surface area (Å²) in [6.45, 7) is 3.89. The standard InChI is InChI=1S/C19H18N2O4/c1-11-4-3-5-12(2)17(11)20-15-10-16(22)21(18(15)23)14-8-6-13(7-9-14)19(24)25/h3-9,15,20H,10H2,1-2H3,(H,24,25)/t15-/m0/s1. The van der Waals surface area contributed by atoms with Gasteiger partial charge in [0.25, 0.3) is 5.91 Å². The molecule has 2 N–H and O–H groups in total. The van der Waals surface area contributed by atoms with Gasteiger partial charge in [0.1, 0.15) is 6.04 Å². The van der Waals surface area contributed by atoms with Crippen LogP contribution in [0.1, 0.15) is 27.9 Å². The van der Waals surface area contributed by atoms with E-state index < -0.39 is 12.0 Å². The van der Waals surface area contributed by atoms with Crippen LogP contribution in [0.25, 0.3) is 0 Å². The Bertz CT molecular complexity index is 838. The summed E-state index contributed by atoms with van der Waals surface area (Å²) in [7, 11) is 0. The van der Waals surface area contributed by atoms with Crippen molar-refractivity contribution in [2.45, 2.75) is 26.3 Å². The highest BCUT2D eigenvalue weighted by atomic mass is 16.4. The van der Waals surface area contributed by atoms with Crippen molar-refractivity contribution in [1.29, 1.82) is 0 Å². The predicted octanol–water partition coefficient (Wildman–Crippen LogP) is 2.75. The number of benzene rings is 2. The van der Waals surface area contributed by atoms with Gasteiger partial charge < -0.3 is 10.4 Å². The summed E-state index contributed by atoms with van der Waals surface area (Å²) >= 11 is 0. The summed E-state index contributed by atoms with van der Waals surface area (Å²) < 4.78 is 0. The highest BCUT2D eigenvalue weighted by molar-refractivity contribution is 6.23. The number of aromatic carboxylic acids is 1. The minimum absolute atomic E-state index is 0.0628. The third-order valence-electron chi connectivity index (χ3n) is 4.32. The first kappa shape index (κ1) is 16.7. The lowest BCUT2D eigenvalue weighted by molar-refractivity contribution is -0.121. The summed E-state index contributed by atoms with van der Waals surface area (Å²) in [5.41, 5.74) is 3.35. The lowest BCUT2D eigenvalue weighted by atomic mass is 10.1. The van der Waals surface area contributed by atoms with E-state index in [2.05, 4.69) is 5.32 Å². The maximum absolute atomic E-state index is 12.7. The molecule has 0 aliphatic carbocycles. The van der Waals surface area contributed by atoms with Crippen LogP contribution in [-0.2, 0) is 9.59 Å². The minimum atomic E-state index is -1.06. The van der Waals surface area contributed by atoms with Crippen LogP contribution in [-0.4, -0.2) is 28.9 Å². The zero-order valence-corrected chi connectivity index (χ0v) is 13.9. The molecule has 3 rings (SSSR count). The number of imide groups is 1. The van der Waals surface area contributed by atoms with Gasteiger partial charge in [0.15, 0.2) is 0 Å². The number of carbonyl (C=O) groups excluding carboxylic acids is 2. The van der Waals surface area contributed by atoms with Gasteiger partial charge in [-0.05, 0) is 49.2 Å². The normalized spacial score (nSPS) is 17.0. The van der Waals surface area contributed by atoms with Crippen molar-refractivity contribution in [3.63, 3.8) is 0 Å². The number of carboxylic acids is 1. The minimum Gasteiger partial charge on any atom is -0.478 e. The van der Waals surface area contributed by atoms with Crippen LogP contribution in [0, 0.1) is 13.8 Å². The lowest BCUT2D eigenvalue weighted by Gasteiger charge is -2.18. The molecule has 1 aliphatic heterocycles. The quantitative estimate of drug-likeness (QED) is 0.837. The van der Waals surface area contributed by atoms with Gasteiger partial charge in [-0.25, -0.2) is 9.69 Å². The number of hydrogen-bond acceptors (Lipinski definition) is 4. The van der Waals surface area contributed by atoms with Crippen molar-refractivity contribution < 1.29 is 19.5 Å². The Labute approximate surface area is 145 Å². The average Bonchev–Trinajstić information content (AvgIpc) is 2.85. The Hall–Kier alpha value is -3.15. The number of nitrogens with zero attached hydrogens (tertiary/aromatic N) is 1. The van der Waals surface area contributed by atoms with E-state index in [-0.39, 0.29) is 23.8 Å². The van der Waals surface area contributed by atoms with Gasteiger partial charge >= 0.3 is 5.97 Å². The number of hydrogen-bond donors (Lipinski definition) is 2. The average molecular weight is 338 g/mol. The fraction of sp³-hybridized carbons (Fsp3) is 0.211. The van der Waals surface area contributed by atoms with E-state index in [4.69, 9.17) is 5.11 Å². The zero-order valence-electron chi connectivity index (χ0n) is 13.9. The number of rotatable bonds is 4. The molecule has 0 bridgehead atoms. The van der Waals surface area contributed by atoms with E-state index in [0.717, 1.165) is 21.7 Å². The van der Waals surface area contributed by atoms with Gasteiger partial charge in [-0.3, -0.25) is 9.59 Å². The smallest absolute Gasteiger partial charge is 0.335 e. The SMILES string of the molecule is Cc1cccc(C)c1N[C@H]1CC(=O)N(c2ccc(C(=O)O)cc2)C1=O. The summed E-state index contributed by atoms with van der Waals surface area (Å²) in [6.07, 6.45) is 0.0628. The van der Waals surface area contributed by atoms with Crippen LogP contribution in [0.4, 0.5) is 11.4 Å². The van der Waals surface area contributed by atoms with Crippen molar-refractivity contribution >= 4 is 29.2 Å². The van der Waals surface area contributed by atoms with Crippen molar-refractivity contribution in [2.75, 3.05) is 10.2 Å². The van der Waals surface area contributed by atoms with E-state index in [1.54, 1.807) is 0 Å². The fourth-order valence-electron chi connectivity index (χ4n) is 2.99. The molecule has 1 aliphatic rings. The fourth-order valence-corrected chi connectivity index (χ4v) is 2.99. The molecule has 0 radical (unpaired) electrons. The van der Waals surface area contributed by atoms with Crippen molar-refractivity contribution in [3.8, 4) is 0 Å². The second-order valence-electron chi connectivity index (χ2n) is 6.09. The molecule has 6 heteroatoms. The van der Waals surface area contributed by atoms with Gasteiger partial charge in [-0.1, -0.05) is 18.2 Å². The van der Waals surface area contributed by atoms with Gasteiger partial charge in [0.05, 0.1) is 17.7 Å². The van der Waals surface area contributed by atoms with Crippen LogP contribution in [0.3, 0.4) is 0 Å². The Morgan fingerprint density at radius 1 is 1.08 bits per heavy atom. The van der Waals surface area contributed by atoms with Crippen molar-refractivity contribution in [3.05, 3.63) is 59.2 Å². The number of carboxylic acid groups (broad SMARTS) is 1. The summed E-state index contributed by atoms with van der Waals surface area (Å²) in [5, 5.41) is 12.1. The van der Waals surface area contributed by atoms with E-state index >= 15 is 0 Å². The van der Waals surface area contributed by atoms with Gasteiger partial charge in [-0.2, -0.15) is 0 Å². The first-order valence-corrected chi connectivity index (χ1v) is 7.91. The molecule has 0 saturated carbocycles. The van der Waals surface area contributed by atoms with E-state index in [1.807, 2.05) is 32.0 Å². The third kappa shape index (κ3) is 3.10. The molecule has 0 spiro atoms. The Morgan fingerprint density at radius 3 is 2.24 bits per heavy atom. The first-order valence-electron chi connectivity index (χ1n) is 7.91. The van der Waals surface area contributed by atoms with Gasteiger partial charge in [0.2, 0.25) is 5.91 Å². The summed E-state index contributed by atoms with van der Waals surface area (Å²) in [4.78, 5) is 37.0. The molecule has 2 amide bonds. The van der Waals surface area contributed by atoms with Crippen molar-refractivity contribution in [2.24, 2.45) is 0 Å². The molecule has 0 aromatic heterocycles. The highest BCUT2D eigenvalue weighted by Crippen LogP contribution is 2.27. The first-order chi connectivity index (χ1) is 11.9. The Kier molecular flexibility index (Phi) is 4.27. The monoisotopic (exact) mass is 338 g/mol. The molecule has 2 aromatic rings. The molecule has 128 valence electrons. The lowest BCUT2D eigenvalue weighted by Crippen LogP contribution is -2.35. The maximum Gasteiger partial charge on any atom is 0.335 e. The van der Waals surface area contributed by atoms with Crippen LogP contribution in [0.5, 0.6) is 0 Å². The van der Waals surface area contributed by atoms with E-state index in [9.17, 15) is 14.4 Å². The molecule has 25 heavy (non-hydrogen) atoms. The number of anilines is 2. The molecule has 0 unspecified atom stereocenters. The molecular formula is C19H18N2O4. The second kappa shape index (κ2) is 6.39. The van der Waals surface area contributed by atoms with Crippen LogP contribution < -0.4 is 10.2 Å². The topological polar surface area (TPSA) is 86.7 Å². The summed E-state index contributed by atoms with van der Waals surface area (Å²) in [5.74, 6) is -1.70. The van der Waals surface area contributed by atoms with Gasteiger partial charge in [0, 0.05) is 5.69 Å². The molecule has 1 atom stereocenters.